The first-order valence-electron chi connectivity index (χ1n) is 5.67. The Morgan fingerprint density at radius 1 is 1.29 bits per heavy atom. The highest BCUT2D eigenvalue weighted by molar-refractivity contribution is 5.24. The predicted molar refractivity (Wildman–Crippen MR) is 65.3 cm³/mol. The Labute approximate surface area is 100 Å². The molecule has 1 unspecified atom stereocenters. The van der Waals surface area contributed by atoms with Crippen LogP contribution in [0.4, 0.5) is 4.39 Å². The van der Waals surface area contributed by atoms with Gasteiger partial charge >= 0.3 is 0 Å². The van der Waals surface area contributed by atoms with Gasteiger partial charge in [-0.15, -0.1) is 0 Å². The molecule has 3 heteroatoms. The average Bonchev–Trinajstić information content (AvgIpc) is 2.75. The highest BCUT2D eigenvalue weighted by Crippen LogP contribution is 2.23. The van der Waals surface area contributed by atoms with Crippen LogP contribution in [0, 0.1) is 12.7 Å². The Bertz CT molecular complexity index is 492. The monoisotopic (exact) mass is 233 g/mol. The third-order valence-electron chi connectivity index (χ3n) is 2.95. The van der Waals surface area contributed by atoms with Gasteiger partial charge in [0.2, 0.25) is 0 Å². The number of halogens is 1. The SMILES string of the molecule is CNC(Cc1ccccc1F)c1occc1C. The molecule has 1 heterocycles. The minimum Gasteiger partial charge on any atom is -0.467 e. The van der Waals surface area contributed by atoms with Crippen LogP contribution in [0.1, 0.15) is 22.9 Å². The number of furan rings is 1. The van der Waals surface area contributed by atoms with E-state index in [-0.39, 0.29) is 11.9 Å². The zero-order valence-corrected chi connectivity index (χ0v) is 10.0. The molecule has 0 aliphatic carbocycles. The van der Waals surface area contributed by atoms with Crippen molar-refractivity contribution in [2.75, 3.05) is 7.05 Å². The molecule has 1 aromatic heterocycles. The summed E-state index contributed by atoms with van der Waals surface area (Å²) < 4.78 is 19.0. The lowest BCUT2D eigenvalue weighted by Crippen LogP contribution is -2.19. The van der Waals surface area contributed by atoms with Crippen LogP contribution < -0.4 is 5.32 Å². The van der Waals surface area contributed by atoms with Crippen molar-refractivity contribution in [1.29, 1.82) is 0 Å². The Morgan fingerprint density at radius 3 is 2.65 bits per heavy atom. The van der Waals surface area contributed by atoms with E-state index in [2.05, 4.69) is 5.32 Å². The number of benzene rings is 1. The van der Waals surface area contributed by atoms with E-state index in [1.54, 1.807) is 18.4 Å². The van der Waals surface area contributed by atoms with Crippen molar-refractivity contribution in [2.24, 2.45) is 0 Å². The van der Waals surface area contributed by atoms with Gasteiger partial charge < -0.3 is 9.73 Å². The first kappa shape index (κ1) is 11.9. The summed E-state index contributed by atoms with van der Waals surface area (Å²) >= 11 is 0. The number of rotatable bonds is 4. The van der Waals surface area contributed by atoms with Crippen LogP contribution in [0.15, 0.2) is 41.0 Å². The Balaban J connectivity index is 2.22. The largest absolute Gasteiger partial charge is 0.467 e. The molecule has 2 nitrogen and oxygen atoms in total. The molecule has 0 saturated heterocycles. The van der Waals surface area contributed by atoms with Gasteiger partial charge in [-0.3, -0.25) is 0 Å². The average molecular weight is 233 g/mol. The van der Waals surface area contributed by atoms with E-state index >= 15 is 0 Å². The highest BCUT2D eigenvalue weighted by Gasteiger charge is 2.17. The van der Waals surface area contributed by atoms with Crippen molar-refractivity contribution in [3.63, 3.8) is 0 Å². The van der Waals surface area contributed by atoms with Crippen molar-refractivity contribution in [2.45, 2.75) is 19.4 Å². The molecule has 90 valence electrons. The van der Waals surface area contributed by atoms with Crippen molar-refractivity contribution in [3.05, 3.63) is 59.3 Å². The molecule has 1 N–H and O–H groups in total. The van der Waals surface area contributed by atoms with E-state index in [1.165, 1.54) is 6.07 Å². The molecular formula is C14H16FNO. The maximum atomic E-state index is 13.6. The molecule has 0 amide bonds. The Morgan fingerprint density at radius 2 is 2.06 bits per heavy atom. The highest BCUT2D eigenvalue weighted by atomic mass is 19.1. The molecule has 2 rings (SSSR count). The predicted octanol–water partition coefficient (Wildman–Crippen LogP) is 3.23. The normalized spacial score (nSPS) is 12.6. The molecule has 0 bridgehead atoms. The zero-order chi connectivity index (χ0) is 12.3. The summed E-state index contributed by atoms with van der Waals surface area (Å²) in [5.74, 6) is 0.702. The number of likely N-dealkylation sites (N-methyl/N-ethyl adjacent to an activating group) is 1. The quantitative estimate of drug-likeness (QED) is 0.877. The molecular weight excluding hydrogens is 217 g/mol. The molecule has 17 heavy (non-hydrogen) atoms. The first-order valence-corrected chi connectivity index (χ1v) is 5.67. The Hall–Kier alpha value is -1.61. The van der Waals surface area contributed by atoms with Crippen LogP contribution in [0.2, 0.25) is 0 Å². The van der Waals surface area contributed by atoms with E-state index in [4.69, 9.17) is 4.42 Å². The summed E-state index contributed by atoms with van der Waals surface area (Å²) in [6.45, 7) is 1.99. The lowest BCUT2D eigenvalue weighted by molar-refractivity contribution is 0.422. The van der Waals surface area contributed by atoms with Crippen LogP contribution in [-0.4, -0.2) is 7.05 Å². The molecule has 1 aromatic carbocycles. The second-order valence-corrected chi connectivity index (χ2v) is 4.10. The summed E-state index contributed by atoms with van der Waals surface area (Å²) in [6.07, 6.45) is 2.24. The van der Waals surface area contributed by atoms with E-state index in [1.807, 2.05) is 26.1 Å². The summed E-state index contributed by atoms with van der Waals surface area (Å²) in [5.41, 5.74) is 1.78. The van der Waals surface area contributed by atoms with Crippen LogP contribution in [-0.2, 0) is 6.42 Å². The van der Waals surface area contributed by atoms with Crippen LogP contribution >= 0.6 is 0 Å². The third-order valence-corrected chi connectivity index (χ3v) is 2.95. The molecule has 0 aliphatic rings. The molecule has 2 aromatic rings. The molecule has 1 atom stereocenters. The van der Waals surface area contributed by atoms with Gasteiger partial charge in [0.05, 0.1) is 12.3 Å². The van der Waals surface area contributed by atoms with Crippen molar-refractivity contribution in [3.8, 4) is 0 Å². The maximum absolute atomic E-state index is 13.6. The van der Waals surface area contributed by atoms with Gasteiger partial charge in [0.15, 0.2) is 0 Å². The summed E-state index contributed by atoms with van der Waals surface area (Å²) in [5, 5.41) is 3.16. The lowest BCUT2D eigenvalue weighted by Gasteiger charge is -2.15. The fraction of sp³-hybridized carbons (Fsp3) is 0.286. The Kier molecular flexibility index (Phi) is 3.59. The van der Waals surface area contributed by atoms with Gasteiger partial charge in [-0.2, -0.15) is 0 Å². The first-order chi connectivity index (χ1) is 8.22. The minimum absolute atomic E-state index is 0.00176. The summed E-state index contributed by atoms with van der Waals surface area (Å²) in [7, 11) is 1.85. The molecule has 0 aliphatic heterocycles. The minimum atomic E-state index is -0.169. The van der Waals surface area contributed by atoms with Gasteiger partial charge in [-0.25, -0.2) is 4.39 Å². The fourth-order valence-corrected chi connectivity index (χ4v) is 1.95. The van der Waals surface area contributed by atoms with E-state index in [0.717, 1.165) is 11.3 Å². The van der Waals surface area contributed by atoms with Crippen LogP contribution in [0.25, 0.3) is 0 Å². The zero-order valence-electron chi connectivity index (χ0n) is 10.0. The van der Waals surface area contributed by atoms with Gasteiger partial charge in [0.1, 0.15) is 11.6 Å². The third kappa shape index (κ3) is 2.56. The van der Waals surface area contributed by atoms with Crippen LogP contribution in [0.3, 0.4) is 0 Å². The summed E-state index contributed by atoms with van der Waals surface area (Å²) in [6, 6.07) is 8.75. The summed E-state index contributed by atoms with van der Waals surface area (Å²) in [4.78, 5) is 0. The lowest BCUT2D eigenvalue weighted by atomic mass is 10.0. The second kappa shape index (κ2) is 5.15. The van der Waals surface area contributed by atoms with Crippen LogP contribution in [0.5, 0.6) is 0 Å². The van der Waals surface area contributed by atoms with Gasteiger partial charge in [-0.1, -0.05) is 18.2 Å². The molecule has 0 spiro atoms. The van der Waals surface area contributed by atoms with Gasteiger partial charge in [0, 0.05) is 0 Å². The number of aryl methyl sites for hydroxylation is 1. The van der Waals surface area contributed by atoms with Gasteiger partial charge in [0.25, 0.3) is 0 Å². The number of hydrogen-bond donors (Lipinski definition) is 1. The standard InChI is InChI=1S/C14H16FNO/c1-10-7-8-17-14(10)13(16-2)9-11-5-3-4-6-12(11)15/h3-8,13,16H,9H2,1-2H3. The molecule has 0 radical (unpaired) electrons. The van der Waals surface area contributed by atoms with E-state index in [0.29, 0.717) is 12.0 Å². The number of nitrogens with one attached hydrogen (secondary N) is 1. The molecule has 0 fully saturated rings. The maximum Gasteiger partial charge on any atom is 0.126 e. The van der Waals surface area contributed by atoms with E-state index in [9.17, 15) is 4.39 Å². The second-order valence-electron chi connectivity index (χ2n) is 4.10. The number of hydrogen-bond acceptors (Lipinski definition) is 2. The van der Waals surface area contributed by atoms with Crippen molar-refractivity contribution < 1.29 is 8.81 Å². The molecule has 0 saturated carbocycles. The van der Waals surface area contributed by atoms with Gasteiger partial charge in [-0.05, 0) is 43.7 Å². The smallest absolute Gasteiger partial charge is 0.126 e. The van der Waals surface area contributed by atoms with Crippen molar-refractivity contribution in [1.82, 2.24) is 5.32 Å². The van der Waals surface area contributed by atoms with E-state index < -0.39 is 0 Å². The fourth-order valence-electron chi connectivity index (χ4n) is 1.95. The topological polar surface area (TPSA) is 25.2 Å². The van der Waals surface area contributed by atoms with Crippen molar-refractivity contribution >= 4 is 0 Å².